The van der Waals surface area contributed by atoms with E-state index in [4.69, 9.17) is 10.5 Å². The summed E-state index contributed by atoms with van der Waals surface area (Å²) >= 11 is 0. The number of sulfone groups is 1. The van der Waals surface area contributed by atoms with Gasteiger partial charge in [-0.25, -0.2) is 8.42 Å². The second-order valence-electron chi connectivity index (χ2n) is 5.38. The van der Waals surface area contributed by atoms with Crippen molar-refractivity contribution < 1.29 is 13.2 Å². The minimum atomic E-state index is -2.97. The van der Waals surface area contributed by atoms with Crippen LogP contribution in [0.5, 0.6) is 5.75 Å². The first-order chi connectivity index (χ1) is 8.86. The molecule has 0 saturated heterocycles. The third-order valence-corrected chi connectivity index (χ3v) is 5.37. The number of rotatable bonds is 3. The number of nitrogens with two attached hydrogens (primary N) is 1. The molecular formula is C14H21NO3S. The van der Waals surface area contributed by atoms with E-state index < -0.39 is 9.84 Å². The van der Waals surface area contributed by atoms with Crippen LogP contribution in [0.25, 0.3) is 0 Å². The van der Waals surface area contributed by atoms with Crippen LogP contribution in [0.4, 0.5) is 5.69 Å². The quantitative estimate of drug-likeness (QED) is 0.864. The predicted molar refractivity (Wildman–Crippen MR) is 77.1 cm³/mol. The lowest BCUT2D eigenvalue weighted by molar-refractivity contribution is 0.156. The van der Waals surface area contributed by atoms with Gasteiger partial charge in [0.15, 0.2) is 0 Å². The Morgan fingerprint density at radius 3 is 2.68 bits per heavy atom. The minimum absolute atomic E-state index is 0.0171. The summed E-state index contributed by atoms with van der Waals surface area (Å²) in [5.74, 6) is 0.769. The molecule has 2 N–H and O–H groups in total. The van der Waals surface area contributed by atoms with Gasteiger partial charge in [0.1, 0.15) is 15.6 Å². The third-order valence-electron chi connectivity index (χ3n) is 3.73. The van der Waals surface area contributed by atoms with Crippen molar-refractivity contribution in [1.29, 1.82) is 0 Å². The van der Waals surface area contributed by atoms with E-state index in [0.717, 1.165) is 36.3 Å². The summed E-state index contributed by atoms with van der Waals surface area (Å²) in [7, 11) is -2.97. The summed E-state index contributed by atoms with van der Waals surface area (Å²) in [5, 5.41) is -0.263. The van der Waals surface area contributed by atoms with Crippen LogP contribution < -0.4 is 10.5 Å². The third kappa shape index (κ3) is 3.62. The summed E-state index contributed by atoms with van der Waals surface area (Å²) in [6.45, 7) is 1.93. The van der Waals surface area contributed by atoms with Crippen LogP contribution >= 0.6 is 0 Å². The van der Waals surface area contributed by atoms with Crippen LogP contribution in [-0.4, -0.2) is 26.0 Å². The average Bonchev–Trinajstić information content (AvgIpc) is 2.33. The maximum absolute atomic E-state index is 11.6. The van der Waals surface area contributed by atoms with E-state index in [9.17, 15) is 8.42 Å². The van der Waals surface area contributed by atoms with Crippen molar-refractivity contribution in [3.8, 4) is 5.75 Å². The Hall–Kier alpha value is -1.23. The molecule has 0 spiro atoms. The molecule has 0 heterocycles. The molecule has 4 nitrogen and oxygen atoms in total. The molecule has 1 aromatic rings. The highest BCUT2D eigenvalue weighted by atomic mass is 32.2. The van der Waals surface area contributed by atoms with Gasteiger partial charge in [0.25, 0.3) is 0 Å². The van der Waals surface area contributed by atoms with E-state index in [1.54, 1.807) is 0 Å². The number of benzene rings is 1. The van der Waals surface area contributed by atoms with Crippen LogP contribution in [0.3, 0.4) is 0 Å². The summed E-state index contributed by atoms with van der Waals surface area (Å²) < 4.78 is 29.1. The fourth-order valence-electron chi connectivity index (χ4n) is 2.51. The van der Waals surface area contributed by atoms with E-state index in [1.165, 1.54) is 6.26 Å². The maximum Gasteiger partial charge on any atom is 0.150 e. The fourth-order valence-corrected chi connectivity index (χ4v) is 3.67. The Bertz CT molecular complexity index is 554. The van der Waals surface area contributed by atoms with Gasteiger partial charge in [-0.2, -0.15) is 0 Å². The highest BCUT2D eigenvalue weighted by Gasteiger charge is 2.29. The summed E-state index contributed by atoms with van der Waals surface area (Å²) in [4.78, 5) is 0. The molecule has 1 aliphatic rings. The van der Waals surface area contributed by atoms with E-state index in [1.807, 2.05) is 25.1 Å². The molecule has 19 heavy (non-hydrogen) atoms. The zero-order valence-electron chi connectivity index (χ0n) is 11.4. The first kappa shape index (κ1) is 14.2. The standard InChI is InChI=1S/C14H21NO3S/c1-10-8-12(6-7-14(10)15)18-11-4-3-5-13(9-11)19(2,16)17/h6-8,11,13H,3-5,9,15H2,1-2H3. The summed E-state index contributed by atoms with van der Waals surface area (Å²) in [6.07, 6.45) is 4.44. The average molecular weight is 283 g/mol. The lowest BCUT2D eigenvalue weighted by Crippen LogP contribution is -2.33. The van der Waals surface area contributed by atoms with Gasteiger partial charge in [0, 0.05) is 18.4 Å². The van der Waals surface area contributed by atoms with Crippen LogP contribution in [0, 0.1) is 6.92 Å². The van der Waals surface area contributed by atoms with Crippen molar-refractivity contribution in [3.05, 3.63) is 23.8 Å². The molecule has 5 heteroatoms. The molecule has 0 aliphatic heterocycles. The molecule has 1 fully saturated rings. The van der Waals surface area contributed by atoms with Gasteiger partial charge >= 0.3 is 0 Å². The van der Waals surface area contributed by atoms with Gasteiger partial charge in [0.05, 0.1) is 11.4 Å². The Balaban J connectivity index is 2.04. The van der Waals surface area contributed by atoms with Gasteiger partial charge in [-0.1, -0.05) is 0 Å². The molecule has 2 atom stereocenters. The molecule has 0 bridgehead atoms. The Labute approximate surface area is 114 Å². The van der Waals surface area contributed by atoms with Gasteiger partial charge in [-0.05, 0) is 49.9 Å². The van der Waals surface area contributed by atoms with E-state index in [2.05, 4.69) is 0 Å². The van der Waals surface area contributed by atoms with E-state index >= 15 is 0 Å². The van der Waals surface area contributed by atoms with E-state index in [0.29, 0.717) is 6.42 Å². The fraction of sp³-hybridized carbons (Fsp3) is 0.571. The van der Waals surface area contributed by atoms with Crippen molar-refractivity contribution in [3.63, 3.8) is 0 Å². The Morgan fingerprint density at radius 1 is 1.32 bits per heavy atom. The molecule has 0 aromatic heterocycles. The van der Waals surface area contributed by atoms with Gasteiger partial charge < -0.3 is 10.5 Å². The summed E-state index contributed by atoms with van der Waals surface area (Å²) in [5.41, 5.74) is 7.49. The van der Waals surface area contributed by atoms with Crippen molar-refractivity contribution >= 4 is 15.5 Å². The topological polar surface area (TPSA) is 69.4 Å². The number of hydrogen-bond acceptors (Lipinski definition) is 4. The second kappa shape index (κ2) is 5.41. The second-order valence-corrected chi connectivity index (χ2v) is 7.70. The minimum Gasteiger partial charge on any atom is -0.490 e. The smallest absolute Gasteiger partial charge is 0.150 e. The largest absolute Gasteiger partial charge is 0.490 e. The first-order valence-electron chi connectivity index (χ1n) is 6.58. The Morgan fingerprint density at radius 2 is 2.05 bits per heavy atom. The monoisotopic (exact) mass is 283 g/mol. The molecule has 1 aliphatic carbocycles. The molecular weight excluding hydrogens is 262 g/mol. The predicted octanol–water partition coefficient (Wildman–Crippen LogP) is 2.31. The summed E-state index contributed by atoms with van der Waals surface area (Å²) in [6, 6.07) is 5.56. The van der Waals surface area contributed by atoms with Gasteiger partial charge in [-0.3, -0.25) is 0 Å². The Kier molecular flexibility index (Phi) is 4.04. The van der Waals surface area contributed by atoms with Crippen molar-refractivity contribution in [1.82, 2.24) is 0 Å². The molecule has 0 radical (unpaired) electrons. The lowest BCUT2D eigenvalue weighted by Gasteiger charge is -2.28. The first-order valence-corrected chi connectivity index (χ1v) is 8.53. The number of hydrogen-bond donors (Lipinski definition) is 1. The maximum atomic E-state index is 11.6. The van der Waals surface area contributed by atoms with Crippen molar-refractivity contribution in [2.75, 3.05) is 12.0 Å². The zero-order chi connectivity index (χ0) is 14.0. The molecule has 2 rings (SSSR count). The normalized spacial score (nSPS) is 24.1. The molecule has 1 aromatic carbocycles. The number of aryl methyl sites for hydroxylation is 1. The van der Waals surface area contributed by atoms with Crippen LogP contribution in [-0.2, 0) is 9.84 Å². The van der Waals surface area contributed by atoms with Crippen LogP contribution in [0.1, 0.15) is 31.2 Å². The molecule has 106 valence electrons. The van der Waals surface area contributed by atoms with Crippen molar-refractivity contribution in [2.24, 2.45) is 0 Å². The van der Waals surface area contributed by atoms with E-state index in [-0.39, 0.29) is 11.4 Å². The molecule has 0 amide bonds. The van der Waals surface area contributed by atoms with Crippen LogP contribution in [0.2, 0.25) is 0 Å². The van der Waals surface area contributed by atoms with Gasteiger partial charge in [-0.15, -0.1) is 0 Å². The number of anilines is 1. The highest BCUT2D eigenvalue weighted by molar-refractivity contribution is 7.91. The zero-order valence-corrected chi connectivity index (χ0v) is 12.2. The highest BCUT2D eigenvalue weighted by Crippen LogP contribution is 2.28. The SMILES string of the molecule is Cc1cc(OC2CCCC(S(C)(=O)=O)C2)ccc1N. The van der Waals surface area contributed by atoms with Crippen LogP contribution in [0.15, 0.2) is 18.2 Å². The number of nitrogen functional groups attached to an aromatic ring is 1. The molecule has 2 unspecified atom stereocenters. The molecule has 1 saturated carbocycles. The van der Waals surface area contributed by atoms with Crippen molar-refractivity contribution in [2.45, 2.75) is 44.0 Å². The van der Waals surface area contributed by atoms with Gasteiger partial charge in [0.2, 0.25) is 0 Å². The number of ether oxygens (including phenoxy) is 1. The lowest BCUT2D eigenvalue weighted by atomic mass is 9.97.